The minimum Gasteiger partial charge on any atom is -0.216 e. The van der Waals surface area contributed by atoms with Gasteiger partial charge in [0.2, 0.25) is 10.0 Å². The molecule has 9 heteroatoms. The maximum atomic E-state index is 13.1. The van der Waals surface area contributed by atoms with Crippen molar-refractivity contribution in [3.05, 3.63) is 69.4 Å². The van der Waals surface area contributed by atoms with Gasteiger partial charge in [-0.15, -0.1) is 5.10 Å². The van der Waals surface area contributed by atoms with Gasteiger partial charge in [-0.25, -0.2) is 13.1 Å². The summed E-state index contributed by atoms with van der Waals surface area (Å²) in [6.07, 6.45) is 1.58. The van der Waals surface area contributed by atoms with Crippen molar-refractivity contribution in [3.63, 3.8) is 0 Å². The summed E-state index contributed by atoms with van der Waals surface area (Å²) in [6.45, 7) is 0.432. The van der Waals surface area contributed by atoms with Gasteiger partial charge in [-0.05, 0) is 42.0 Å². The van der Waals surface area contributed by atoms with Crippen molar-refractivity contribution < 1.29 is 8.42 Å². The summed E-state index contributed by atoms with van der Waals surface area (Å²) < 4.78 is 30.2. The van der Waals surface area contributed by atoms with Crippen molar-refractivity contribution in [2.24, 2.45) is 0 Å². The summed E-state index contributed by atoms with van der Waals surface area (Å²) in [5.41, 5.74) is 2.37. The summed E-state index contributed by atoms with van der Waals surface area (Å²) in [6, 6.07) is 11.9. The average Bonchev–Trinajstić information content (AvgIpc) is 2.98. The molecule has 3 aromatic rings. The molecule has 0 amide bonds. The Morgan fingerprint density at radius 2 is 1.84 bits per heavy atom. The zero-order chi connectivity index (χ0) is 17.6. The number of aromatic nitrogens is 3. The largest absolute Gasteiger partial charge is 0.243 e. The Morgan fingerprint density at radius 1 is 1.08 bits per heavy atom. The molecule has 0 saturated carbocycles. The number of hydrogen-bond donors (Lipinski definition) is 0. The van der Waals surface area contributed by atoms with Gasteiger partial charge in [0.05, 0.1) is 29.0 Å². The number of benzene rings is 2. The number of sulfonamides is 1. The Morgan fingerprint density at radius 3 is 2.60 bits per heavy atom. The lowest BCUT2D eigenvalue weighted by atomic mass is 10.2. The van der Waals surface area contributed by atoms with Crippen LogP contribution in [0.25, 0.3) is 5.69 Å². The maximum Gasteiger partial charge on any atom is 0.243 e. The van der Waals surface area contributed by atoms with Crippen LogP contribution < -0.4 is 0 Å². The summed E-state index contributed by atoms with van der Waals surface area (Å²) in [4.78, 5) is 0.205. The Hall–Kier alpha value is -1.74. The highest BCUT2D eigenvalue weighted by Gasteiger charge is 2.30. The van der Waals surface area contributed by atoms with Crippen molar-refractivity contribution in [1.82, 2.24) is 19.3 Å². The van der Waals surface area contributed by atoms with Crippen LogP contribution in [0, 0.1) is 0 Å². The molecule has 0 atom stereocenters. The molecular weight excluding hydrogens is 428 g/mol. The molecule has 0 bridgehead atoms. The van der Waals surface area contributed by atoms with Crippen LogP contribution in [0.3, 0.4) is 0 Å². The second kappa shape index (κ2) is 6.21. The normalized spacial score (nSPS) is 14.6. The van der Waals surface area contributed by atoms with Gasteiger partial charge in [0, 0.05) is 16.0 Å². The van der Waals surface area contributed by atoms with Crippen LogP contribution >= 0.6 is 27.5 Å². The molecule has 6 nitrogen and oxygen atoms in total. The van der Waals surface area contributed by atoms with E-state index in [9.17, 15) is 8.42 Å². The molecule has 0 unspecified atom stereocenters. The van der Waals surface area contributed by atoms with Crippen molar-refractivity contribution in [2.45, 2.75) is 18.0 Å². The summed E-state index contributed by atoms with van der Waals surface area (Å²) >= 11 is 9.32. The molecule has 0 radical (unpaired) electrons. The quantitative estimate of drug-likeness (QED) is 0.614. The molecule has 0 N–H and O–H groups in total. The second-order valence-electron chi connectivity index (χ2n) is 5.64. The molecule has 2 aromatic carbocycles. The fourth-order valence-electron chi connectivity index (χ4n) is 2.79. The molecular formula is C16H12BrClN4O2S. The summed E-state index contributed by atoms with van der Waals surface area (Å²) in [5.74, 6) is 0. The van der Waals surface area contributed by atoms with Gasteiger partial charge in [-0.3, -0.25) is 0 Å². The monoisotopic (exact) mass is 438 g/mol. The zero-order valence-corrected chi connectivity index (χ0v) is 16.0. The minimum atomic E-state index is -3.68. The lowest BCUT2D eigenvalue weighted by molar-refractivity contribution is 0.401. The molecule has 25 heavy (non-hydrogen) atoms. The highest BCUT2D eigenvalue weighted by molar-refractivity contribution is 9.10. The van der Waals surface area contributed by atoms with Gasteiger partial charge in [-0.2, -0.15) is 4.31 Å². The second-order valence-corrected chi connectivity index (χ2v) is 8.93. The van der Waals surface area contributed by atoms with Gasteiger partial charge in [0.15, 0.2) is 0 Å². The van der Waals surface area contributed by atoms with Crippen LogP contribution in [0.2, 0.25) is 5.02 Å². The highest BCUT2D eigenvalue weighted by Crippen LogP contribution is 2.29. The highest BCUT2D eigenvalue weighted by atomic mass is 79.9. The van der Waals surface area contributed by atoms with E-state index in [4.69, 9.17) is 11.6 Å². The predicted molar refractivity (Wildman–Crippen MR) is 96.9 cm³/mol. The van der Waals surface area contributed by atoms with Crippen molar-refractivity contribution >= 4 is 37.6 Å². The number of rotatable bonds is 2. The Balaban J connectivity index is 1.83. The first-order valence-electron chi connectivity index (χ1n) is 7.39. The zero-order valence-electron chi connectivity index (χ0n) is 12.8. The van der Waals surface area contributed by atoms with Crippen LogP contribution in [0.15, 0.2) is 58.0 Å². The molecule has 0 saturated heterocycles. The van der Waals surface area contributed by atoms with Gasteiger partial charge < -0.3 is 0 Å². The predicted octanol–water partition coefficient (Wildman–Crippen LogP) is 3.39. The van der Waals surface area contributed by atoms with Gasteiger partial charge >= 0.3 is 0 Å². The fraction of sp³-hybridized carbons (Fsp3) is 0.125. The first-order chi connectivity index (χ1) is 11.9. The SMILES string of the molecule is O=S(=O)(c1ccc(Cl)cc1)N1Cc2ccc(Br)cc2-n2nncc2C1. The third-order valence-corrected chi connectivity index (χ3v) is 6.58. The number of halogens is 2. The third kappa shape index (κ3) is 2.99. The third-order valence-electron chi connectivity index (χ3n) is 4.03. The van der Waals surface area contributed by atoms with Crippen LogP contribution in [0.5, 0.6) is 0 Å². The molecule has 4 rings (SSSR count). The van der Waals surface area contributed by atoms with Gasteiger partial charge in [0.1, 0.15) is 0 Å². The van der Waals surface area contributed by atoms with E-state index in [1.165, 1.54) is 16.4 Å². The molecule has 1 aliphatic heterocycles. The van der Waals surface area contributed by atoms with E-state index in [0.717, 1.165) is 15.7 Å². The van der Waals surface area contributed by atoms with E-state index < -0.39 is 10.0 Å². The lowest BCUT2D eigenvalue weighted by Crippen LogP contribution is -2.29. The molecule has 2 heterocycles. The standard InChI is InChI=1S/C16H12BrClN4O2S/c17-12-2-1-11-9-21(10-14-8-19-20-22(14)16(11)7-12)25(23,24)15-5-3-13(18)4-6-15/h1-8H,9-10H2. The molecule has 0 fully saturated rings. The number of nitrogens with zero attached hydrogens (tertiary/aromatic N) is 4. The molecule has 0 spiro atoms. The first kappa shape index (κ1) is 16.7. The Bertz CT molecular complexity index is 1050. The fourth-order valence-corrected chi connectivity index (χ4v) is 4.65. The number of fused-ring (bicyclic) bond motifs is 3. The maximum absolute atomic E-state index is 13.1. The van der Waals surface area contributed by atoms with Crippen molar-refractivity contribution in [1.29, 1.82) is 0 Å². The smallest absolute Gasteiger partial charge is 0.216 e. The summed E-state index contributed by atoms with van der Waals surface area (Å²) in [5, 5.41) is 8.53. The van der Waals surface area contributed by atoms with Gasteiger partial charge in [0.25, 0.3) is 0 Å². The minimum absolute atomic E-state index is 0.185. The van der Waals surface area contributed by atoms with Crippen LogP contribution in [-0.2, 0) is 23.1 Å². The van der Waals surface area contributed by atoms with E-state index in [2.05, 4.69) is 26.2 Å². The average molecular weight is 440 g/mol. The van der Waals surface area contributed by atoms with E-state index in [-0.39, 0.29) is 18.0 Å². The summed E-state index contributed by atoms with van der Waals surface area (Å²) in [7, 11) is -3.68. The van der Waals surface area contributed by atoms with E-state index in [1.807, 2.05) is 18.2 Å². The molecule has 128 valence electrons. The van der Waals surface area contributed by atoms with E-state index in [1.54, 1.807) is 23.0 Å². The van der Waals surface area contributed by atoms with E-state index in [0.29, 0.717) is 10.7 Å². The van der Waals surface area contributed by atoms with Gasteiger partial charge in [-0.1, -0.05) is 38.8 Å². The molecule has 1 aliphatic rings. The lowest BCUT2D eigenvalue weighted by Gasteiger charge is -2.20. The molecule has 1 aromatic heterocycles. The first-order valence-corrected chi connectivity index (χ1v) is 10.0. The van der Waals surface area contributed by atoms with E-state index >= 15 is 0 Å². The molecule has 0 aliphatic carbocycles. The van der Waals surface area contributed by atoms with Crippen LogP contribution in [0.1, 0.15) is 11.3 Å². The number of hydrogen-bond acceptors (Lipinski definition) is 4. The van der Waals surface area contributed by atoms with Crippen LogP contribution in [-0.4, -0.2) is 27.7 Å². The van der Waals surface area contributed by atoms with Crippen molar-refractivity contribution in [2.75, 3.05) is 0 Å². The Labute approximate surface area is 158 Å². The topological polar surface area (TPSA) is 68.1 Å². The Kier molecular flexibility index (Phi) is 4.15. The van der Waals surface area contributed by atoms with Crippen LogP contribution in [0.4, 0.5) is 0 Å². The van der Waals surface area contributed by atoms with Crippen molar-refractivity contribution in [3.8, 4) is 5.69 Å².